The smallest absolute Gasteiger partial charge is 0.125 e. The lowest BCUT2D eigenvalue weighted by Crippen LogP contribution is -2.45. The molecule has 2 rings (SSSR count). The molecule has 1 aliphatic rings. The number of hydrogen-bond acceptors (Lipinski definition) is 3. The Hall–Kier alpha value is -1.06. The summed E-state index contributed by atoms with van der Waals surface area (Å²) >= 11 is 0. The predicted molar refractivity (Wildman–Crippen MR) is 77.5 cm³/mol. The van der Waals surface area contributed by atoms with Crippen molar-refractivity contribution in [2.45, 2.75) is 45.3 Å². The molecule has 1 saturated heterocycles. The summed E-state index contributed by atoms with van der Waals surface area (Å²) in [7, 11) is 0. The molecule has 0 radical (unpaired) electrons. The van der Waals surface area contributed by atoms with Crippen molar-refractivity contribution in [2.75, 3.05) is 19.7 Å². The number of nitrogens with zero attached hydrogens (tertiary/aromatic N) is 1. The van der Waals surface area contributed by atoms with Crippen molar-refractivity contribution in [3.05, 3.63) is 29.8 Å². The summed E-state index contributed by atoms with van der Waals surface area (Å²) in [6, 6.07) is 8.43. The Balaban J connectivity index is 2.17. The Bertz CT molecular complexity index is 409. The fraction of sp³-hybridized carbons (Fsp3) is 0.625. The van der Waals surface area contributed by atoms with Gasteiger partial charge in [0.1, 0.15) is 5.75 Å². The highest BCUT2D eigenvalue weighted by Gasteiger charge is 2.36. The number of para-hydroxylation sites is 1. The largest absolute Gasteiger partial charge is 0.493 e. The Morgan fingerprint density at radius 3 is 2.47 bits per heavy atom. The van der Waals surface area contributed by atoms with E-state index < -0.39 is 5.60 Å². The number of aliphatic hydroxyl groups is 1. The van der Waals surface area contributed by atoms with Crippen LogP contribution in [0.5, 0.6) is 5.75 Å². The zero-order valence-corrected chi connectivity index (χ0v) is 12.2. The quantitative estimate of drug-likeness (QED) is 0.906. The van der Waals surface area contributed by atoms with Gasteiger partial charge in [-0.3, -0.25) is 0 Å². The first kappa shape index (κ1) is 14.4. The molecule has 3 heteroatoms. The maximum Gasteiger partial charge on any atom is 0.125 e. The SMILES string of the molecule is CCOc1ccccc1C1(O)CCN(C(C)C)CC1. The maximum absolute atomic E-state index is 10.9. The van der Waals surface area contributed by atoms with E-state index in [9.17, 15) is 5.11 Å². The van der Waals surface area contributed by atoms with Crippen LogP contribution in [0.15, 0.2) is 24.3 Å². The van der Waals surface area contributed by atoms with Crippen LogP contribution in [0.2, 0.25) is 0 Å². The van der Waals surface area contributed by atoms with Crippen LogP contribution < -0.4 is 4.74 Å². The van der Waals surface area contributed by atoms with Gasteiger partial charge >= 0.3 is 0 Å². The molecule has 0 saturated carbocycles. The van der Waals surface area contributed by atoms with Gasteiger partial charge in [0.2, 0.25) is 0 Å². The summed E-state index contributed by atoms with van der Waals surface area (Å²) in [6.07, 6.45) is 1.55. The zero-order chi connectivity index (χ0) is 13.9. The van der Waals surface area contributed by atoms with E-state index in [1.807, 2.05) is 31.2 Å². The minimum atomic E-state index is -0.739. The van der Waals surface area contributed by atoms with Gasteiger partial charge in [-0.15, -0.1) is 0 Å². The van der Waals surface area contributed by atoms with Gasteiger partial charge < -0.3 is 14.7 Å². The van der Waals surface area contributed by atoms with Crippen LogP contribution in [-0.4, -0.2) is 35.7 Å². The monoisotopic (exact) mass is 263 g/mol. The molecular weight excluding hydrogens is 238 g/mol. The first-order valence-corrected chi connectivity index (χ1v) is 7.25. The summed E-state index contributed by atoms with van der Waals surface area (Å²) in [5, 5.41) is 10.9. The summed E-state index contributed by atoms with van der Waals surface area (Å²) < 4.78 is 5.66. The summed E-state index contributed by atoms with van der Waals surface area (Å²) in [4.78, 5) is 2.41. The highest BCUT2D eigenvalue weighted by Crippen LogP contribution is 2.38. The topological polar surface area (TPSA) is 32.7 Å². The van der Waals surface area contributed by atoms with Gasteiger partial charge in [0, 0.05) is 24.7 Å². The standard InChI is InChI=1S/C16H25NO2/c1-4-19-15-8-6-5-7-14(15)16(18)9-11-17(12-10-16)13(2)3/h5-8,13,18H,4,9-12H2,1-3H3. The molecule has 0 bridgehead atoms. The summed E-state index contributed by atoms with van der Waals surface area (Å²) in [5.41, 5.74) is 0.206. The second kappa shape index (κ2) is 5.93. The molecule has 1 heterocycles. The number of benzene rings is 1. The molecule has 1 aromatic carbocycles. The third kappa shape index (κ3) is 3.10. The normalized spacial score (nSPS) is 19.6. The van der Waals surface area contributed by atoms with Crippen LogP contribution in [0, 0.1) is 0 Å². The fourth-order valence-electron chi connectivity index (χ4n) is 2.81. The molecule has 0 spiro atoms. The molecule has 0 aliphatic carbocycles. The number of rotatable bonds is 4. The predicted octanol–water partition coefficient (Wildman–Crippen LogP) is 2.78. The third-order valence-corrected chi connectivity index (χ3v) is 4.04. The van der Waals surface area contributed by atoms with E-state index in [4.69, 9.17) is 4.74 Å². The van der Waals surface area contributed by atoms with Crippen LogP contribution in [0.1, 0.15) is 39.2 Å². The van der Waals surface area contributed by atoms with Gasteiger partial charge in [-0.1, -0.05) is 18.2 Å². The van der Waals surface area contributed by atoms with Crippen molar-refractivity contribution >= 4 is 0 Å². The Morgan fingerprint density at radius 2 is 1.89 bits per heavy atom. The minimum absolute atomic E-state index is 0.548. The molecule has 19 heavy (non-hydrogen) atoms. The lowest BCUT2D eigenvalue weighted by atomic mass is 9.83. The minimum Gasteiger partial charge on any atom is -0.493 e. The van der Waals surface area contributed by atoms with Crippen molar-refractivity contribution in [2.24, 2.45) is 0 Å². The van der Waals surface area contributed by atoms with Gasteiger partial charge in [-0.25, -0.2) is 0 Å². The number of likely N-dealkylation sites (tertiary alicyclic amines) is 1. The van der Waals surface area contributed by atoms with Crippen LogP contribution in [-0.2, 0) is 5.60 Å². The molecule has 1 aromatic rings. The second-order valence-electron chi connectivity index (χ2n) is 5.59. The van der Waals surface area contributed by atoms with E-state index in [0.29, 0.717) is 12.6 Å². The lowest BCUT2D eigenvalue weighted by Gasteiger charge is -2.40. The van der Waals surface area contributed by atoms with Gasteiger partial charge in [0.25, 0.3) is 0 Å². The Morgan fingerprint density at radius 1 is 1.26 bits per heavy atom. The molecule has 0 amide bonds. The van der Waals surface area contributed by atoms with Crippen molar-refractivity contribution in [3.8, 4) is 5.75 Å². The molecule has 1 aliphatic heterocycles. The molecule has 1 fully saturated rings. The number of piperidine rings is 1. The van der Waals surface area contributed by atoms with Crippen molar-refractivity contribution in [1.82, 2.24) is 4.90 Å². The Kier molecular flexibility index (Phi) is 4.48. The van der Waals surface area contributed by atoms with E-state index in [-0.39, 0.29) is 0 Å². The number of ether oxygens (including phenoxy) is 1. The number of hydrogen-bond donors (Lipinski definition) is 1. The highest BCUT2D eigenvalue weighted by molar-refractivity contribution is 5.38. The third-order valence-electron chi connectivity index (χ3n) is 4.04. The van der Waals surface area contributed by atoms with Crippen LogP contribution >= 0.6 is 0 Å². The van der Waals surface area contributed by atoms with Crippen molar-refractivity contribution in [1.29, 1.82) is 0 Å². The molecule has 1 N–H and O–H groups in total. The van der Waals surface area contributed by atoms with E-state index >= 15 is 0 Å². The van der Waals surface area contributed by atoms with Gasteiger partial charge in [0.05, 0.1) is 12.2 Å². The second-order valence-corrected chi connectivity index (χ2v) is 5.59. The van der Waals surface area contributed by atoms with Crippen LogP contribution in [0.25, 0.3) is 0 Å². The van der Waals surface area contributed by atoms with E-state index in [2.05, 4.69) is 18.7 Å². The van der Waals surface area contributed by atoms with E-state index in [1.54, 1.807) is 0 Å². The van der Waals surface area contributed by atoms with Crippen LogP contribution in [0.3, 0.4) is 0 Å². The van der Waals surface area contributed by atoms with Crippen molar-refractivity contribution in [3.63, 3.8) is 0 Å². The molecule has 0 atom stereocenters. The van der Waals surface area contributed by atoms with Gasteiger partial charge in [-0.2, -0.15) is 0 Å². The van der Waals surface area contributed by atoms with Gasteiger partial charge in [0.15, 0.2) is 0 Å². The average Bonchev–Trinajstić information content (AvgIpc) is 2.40. The van der Waals surface area contributed by atoms with E-state index in [1.165, 1.54) is 0 Å². The highest BCUT2D eigenvalue weighted by atomic mass is 16.5. The molecule has 0 aromatic heterocycles. The first-order valence-electron chi connectivity index (χ1n) is 7.25. The maximum atomic E-state index is 10.9. The molecule has 0 unspecified atom stereocenters. The summed E-state index contributed by atoms with van der Waals surface area (Å²) in [6.45, 7) is 8.90. The molecular formula is C16H25NO2. The molecule has 106 valence electrons. The average molecular weight is 263 g/mol. The van der Waals surface area contributed by atoms with Crippen molar-refractivity contribution < 1.29 is 9.84 Å². The fourth-order valence-corrected chi connectivity index (χ4v) is 2.81. The summed E-state index contributed by atoms with van der Waals surface area (Å²) in [5.74, 6) is 0.825. The van der Waals surface area contributed by atoms with E-state index in [0.717, 1.165) is 37.2 Å². The first-order chi connectivity index (χ1) is 9.07. The lowest BCUT2D eigenvalue weighted by molar-refractivity contribution is -0.0340. The Labute approximate surface area is 116 Å². The molecule has 3 nitrogen and oxygen atoms in total. The van der Waals surface area contributed by atoms with Crippen LogP contribution in [0.4, 0.5) is 0 Å². The van der Waals surface area contributed by atoms with Gasteiger partial charge in [-0.05, 0) is 39.7 Å². The zero-order valence-electron chi connectivity index (χ0n) is 12.2.